The van der Waals surface area contributed by atoms with Gasteiger partial charge in [-0.3, -0.25) is 0 Å². The molecule has 0 aliphatic carbocycles. The van der Waals surface area contributed by atoms with Crippen molar-refractivity contribution in [3.63, 3.8) is 0 Å². The molecule has 1 aromatic carbocycles. The van der Waals surface area contributed by atoms with E-state index in [-0.39, 0.29) is 24.0 Å². The van der Waals surface area contributed by atoms with Crippen LogP contribution in [-0.2, 0) is 11.3 Å². The van der Waals surface area contributed by atoms with E-state index in [1.54, 1.807) is 12.1 Å². The molecule has 1 aromatic heterocycles. The largest absolute Gasteiger partial charge is 0.475 e. The van der Waals surface area contributed by atoms with Gasteiger partial charge in [0.15, 0.2) is 0 Å². The van der Waals surface area contributed by atoms with Crippen molar-refractivity contribution in [3.8, 4) is 11.5 Å². The Labute approximate surface area is 114 Å². The number of aromatic nitrogens is 1. The monoisotopic (exact) mass is 281 g/mol. The van der Waals surface area contributed by atoms with E-state index < -0.39 is 5.97 Å². The first-order chi connectivity index (χ1) is 9.02. The predicted octanol–water partition coefficient (Wildman–Crippen LogP) is 3.15. The lowest BCUT2D eigenvalue weighted by atomic mass is 10.1. The number of methoxy groups -OCH3 is 1. The van der Waals surface area contributed by atoms with Crippen LogP contribution in [0.2, 0.25) is 5.02 Å². The summed E-state index contributed by atoms with van der Waals surface area (Å²) in [6.45, 7) is 1.94. The predicted molar refractivity (Wildman–Crippen MR) is 69.4 cm³/mol. The first-order valence-electron chi connectivity index (χ1n) is 5.51. The Morgan fingerprint density at radius 2 is 2.26 bits per heavy atom. The SMILES string of the molecule is COCc1nc(-c2cc(Cl)ccc2C)oc1C(=O)O. The standard InChI is InChI=1S/C13H12ClNO4/c1-7-3-4-8(14)5-9(7)12-15-10(6-18-2)11(19-12)13(16)17/h3-5H,6H2,1-2H3,(H,16,17). The minimum atomic E-state index is -1.18. The molecular formula is C13H12ClNO4. The lowest BCUT2D eigenvalue weighted by Crippen LogP contribution is -2.00. The van der Waals surface area contributed by atoms with E-state index in [1.165, 1.54) is 7.11 Å². The summed E-state index contributed by atoms with van der Waals surface area (Å²) in [4.78, 5) is 15.2. The number of carboxylic acids is 1. The highest BCUT2D eigenvalue weighted by Gasteiger charge is 2.21. The Bertz CT molecular complexity index is 621. The van der Waals surface area contributed by atoms with Gasteiger partial charge in [-0.15, -0.1) is 0 Å². The van der Waals surface area contributed by atoms with Gasteiger partial charge in [-0.2, -0.15) is 0 Å². The number of hydrogen-bond donors (Lipinski definition) is 1. The maximum absolute atomic E-state index is 11.1. The molecule has 2 rings (SSSR count). The summed E-state index contributed by atoms with van der Waals surface area (Å²) in [5.41, 5.74) is 1.81. The third-order valence-electron chi connectivity index (χ3n) is 2.60. The number of rotatable bonds is 4. The van der Waals surface area contributed by atoms with Crippen molar-refractivity contribution in [1.29, 1.82) is 0 Å². The van der Waals surface area contributed by atoms with Crippen LogP contribution in [-0.4, -0.2) is 23.2 Å². The molecule has 0 radical (unpaired) electrons. The molecule has 2 aromatic rings. The fraction of sp³-hybridized carbons (Fsp3) is 0.231. The van der Waals surface area contributed by atoms with Crippen LogP contribution in [0, 0.1) is 6.92 Å². The first kappa shape index (κ1) is 13.6. The summed E-state index contributed by atoms with van der Waals surface area (Å²) in [6.07, 6.45) is 0. The molecule has 0 atom stereocenters. The van der Waals surface area contributed by atoms with Gasteiger partial charge in [-0.1, -0.05) is 17.7 Å². The molecule has 1 N–H and O–H groups in total. The summed E-state index contributed by atoms with van der Waals surface area (Å²) < 4.78 is 10.2. The summed E-state index contributed by atoms with van der Waals surface area (Å²) in [7, 11) is 1.46. The molecular weight excluding hydrogens is 270 g/mol. The maximum Gasteiger partial charge on any atom is 0.373 e. The second kappa shape index (κ2) is 5.42. The number of halogens is 1. The average Bonchev–Trinajstić information content (AvgIpc) is 2.77. The maximum atomic E-state index is 11.1. The van der Waals surface area contributed by atoms with E-state index in [2.05, 4.69) is 4.98 Å². The van der Waals surface area contributed by atoms with Gasteiger partial charge in [0.25, 0.3) is 0 Å². The van der Waals surface area contributed by atoms with E-state index in [4.69, 9.17) is 25.9 Å². The zero-order valence-electron chi connectivity index (χ0n) is 10.4. The number of hydrogen-bond acceptors (Lipinski definition) is 4. The van der Waals surface area contributed by atoms with Crippen LogP contribution in [0.5, 0.6) is 0 Å². The molecule has 0 saturated heterocycles. The van der Waals surface area contributed by atoms with Crippen LogP contribution < -0.4 is 0 Å². The molecule has 19 heavy (non-hydrogen) atoms. The lowest BCUT2D eigenvalue weighted by molar-refractivity contribution is 0.0656. The van der Waals surface area contributed by atoms with Crippen LogP contribution in [0.3, 0.4) is 0 Å². The number of aryl methyl sites for hydroxylation is 1. The number of oxazole rings is 1. The van der Waals surface area contributed by atoms with E-state index >= 15 is 0 Å². The van der Waals surface area contributed by atoms with Crippen molar-refractivity contribution >= 4 is 17.6 Å². The molecule has 0 bridgehead atoms. The van der Waals surface area contributed by atoms with Gasteiger partial charge in [-0.05, 0) is 24.6 Å². The first-order valence-corrected chi connectivity index (χ1v) is 5.89. The highest BCUT2D eigenvalue weighted by molar-refractivity contribution is 6.30. The second-order valence-corrected chi connectivity index (χ2v) is 4.43. The summed E-state index contributed by atoms with van der Waals surface area (Å²) in [5.74, 6) is -1.16. The molecule has 0 saturated carbocycles. The van der Waals surface area contributed by atoms with Crippen molar-refractivity contribution in [3.05, 3.63) is 40.2 Å². The zero-order chi connectivity index (χ0) is 14.0. The topological polar surface area (TPSA) is 72.6 Å². The Balaban J connectivity index is 2.53. The highest BCUT2D eigenvalue weighted by atomic mass is 35.5. The van der Waals surface area contributed by atoms with Gasteiger partial charge in [0.05, 0.1) is 6.61 Å². The van der Waals surface area contributed by atoms with Crippen molar-refractivity contribution in [1.82, 2.24) is 4.98 Å². The normalized spacial score (nSPS) is 10.7. The molecule has 0 spiro atoms. The molecule has 0 fully saturated rings. The number of aromatic carboxylic acids is 1. The molecule has 0 amide bonds. The number of carbonyl (C=O) groups is 1. The van der Waals surface area contributed by atoms with Gasteiger partial charge in [0, 0.05) is 17.7 Å². The Hall–Kier alpha value is -1.85. The number of nitrogens with zero attached hydrogens (tertiary/aromatic N) is 1. The van der Waals surface area contributed by atoms with E-state index in [0.717, 1.165) is 5.56 Å². The minimum absolute atomic E-state index is 0.0742. The van der Waals surface area contributed by atoms with Crippen molar-refractivity contribution < 1.29 is 19.1 Å². The van der Waals surface area contributed by atoms with E-state index in [9.17, 15) is 4.79 Å². The van der Waals surface area contributed by atoms with Gasteiger partial charge in [0.1, 0.15) is 5.69 Å². The molecule has 6 heteroatoms. The van der Waals surface area contributed by atoms with Crippen LogP contribution in [0.4, 0.5) is 0 Å². The highest BCUT2D eigenvalue weighted by Crippen LogP contribution is 2.28. The summed E-state index contributed by atoms with van der Waals surface area (Å²) >= 11 is 5.93. The Morgan fingerprint density at radius 3 is 2.89 bits per heavy atom. The lowest BCUT2D eigenvalue weighted by Gasteiger charge is -2.01. The quantitative estimate of drug-likeness (QED) is 0.932. The number of carboxylic acid groups (broad SMARTS) is 1. The fourth-order valence-corrected chi connectivity index (χ4v) is 1.87. The van der Waals surface area contributed by atoms with Crippen LogP contribution in [0.15, 0.2) is 22.6 Å². The molecule has 1 heterocycles. The molecule has 0 unspecified atom stereocenters. The third kappa shape index (κ3) is 2.77. The van der Waals surface area contributed by atoms with Gasteiger partial charge < -0.3 is 14.3 Å². The van der Waals surface area contributed by atoms with Gasteiger partial charge >= 0.3 is 5.97 Å². The van der Waals surface area contributed by atoms with Crippen molar-refractivity contribution in [2.24, 2.45) is 0 Å². The minimum Gasteiger partial charge on any atom is -0.475 e. The number of benzene rings is 1. The fourth-order valence-electron chi connectivity index (χ4n) is 1.69. The molecule has 0 aliphatic rings. The third-order valence-corrected chi connectivity index (χ3v) is 2.84. The van der Waals surface area contributed by atoms with Crippen molar-refractivity contribution in [2.75, 3.05) is 7.11 Å². The average molecular weight is 282 g/mol. The summed E-state index contributed by atoms with van der Waals surface area (Å²) in [5, 5.41) is 9.59. The van der Waals surface area contributed by atoms with Crippen molar-refractivity contribution in [2.45, 2.75) is 13.5 Å². The number of ether oxygens (including phenoxy) is 1. The van der Waals surface area contributed by atoms with Gasteiger partial charge in [0.2, 0.25) is 11.7 Å². The van der Waals surface area contributed by atoms with Gasteiger partial charge in [-0.25, -0.2) is 9.78 Å². The van der Waals surface area contributed by atoms with E-state index in [1.807, 2.05) is 13.0 Å². The van der Waals surface area contributed by atoms with E-state index in [0.29, 0.717) is 10.6 Å². The van der Waals surface area contributed by atoms with Crippen LogP contribution in [0.25, 0.3) is 11.5 Å². The molecule has 5 nitrogen and oxygen atoms in total. The molecule has 0 aliphatic heterocycles. The smallest absolute Gasteiger partial charge is 0.373 e. The Morgan fingerprint density at radius 1 is 1.53 bits per heavy atom. The zero-order valence-corrected chi connectivity index (χ0v) is 11.2. The van der Waals surface area contributed by atoms with Crippen LogP contribution >= 0.6 is 11.6 Å². The second-order valence-electron chi connectivity index (χ2n) is 3.99. The molecule has 100 valence electrons. The Kier molecular flexibility index (Phi) is 3.87. The van der Waals surface area contributed by atoms with Crippen LogP contribution in [0.1, 0.15) is 21.8 Å². The summed E-state index contributed by atoms with van der Waals surface area (Å²) in [6, 6.07) is 5.25.